The first-order valence-corrected chi connectivity index (χ1v) is 10.5. The van der Waals surface area contributed by atoms with E-state index in [1.807, 2.05) is 6.07 Å². The van der Waals surface area contributed by atoms with E-state index in [0.717, 1.165) is 47.4 Å². The van der Waals surface area contributed by atoms with Gasteiger partial charge < -0.3 is 15.3 Å². The van der Waals surface area contributed by atoms with Crippen LogP contribution in [-0.2, 0) is 12.8 Å². The molecule has 1 aliphatic carbocycles. The van der Waals surface area contributed by atoms with Crippen LogP contribution in [0.4, 0.5) is 5.69 Å². The Balaban J connectivity index is 1.76. The molecule has 0 aliphatic heterocycles. The molecule has 1 unspecified atom stereocenters. The van der Waals surface area contributed by atoms with Gasteiger partial charge in [-0.3, -0.25) is 0 Å². The van der Waals surface area contributed by atoms with E-state index in [-0.39, 0.29) is 15.8 Å². The van der Waals surface area contributed by atoms with Gasteiger partial charge in [-0.15, -0.1) is 11.3 Å². The summed E-state index contributed by atoms with van der Waals surface area (Å²) in [5.41, 5.74) is 10.7. The minimum absolute atomic E-state index is 0.105. The van der Waals surface area contributed by atoms with E-state index in [9.17, 15) is 9.90 Å². The smallest absolute Gasteiger partial charge is 0.348 e. The lowest BCUT2D eigenvalue weighted by atomic mass is 9.79. The Kier molecular flexibility index (Phi) is 4.33. The van der Waals surface area contributed by atoms with E-state index in [4.69, 9.17) is 26.7 Å². The van der Waals surface area contributed by atoms with E-state index in [0.29, 0.717) is 21.9 Å². The second-order valence-electron chi connectivity index (χ2n) is 7.20. The van der Waals surface area contributed by atoms with Crippen LogP contribution in [0, 0.1) is 0 Å². The number of carboxylic acids is 1. The molecule has 146 valence electrons. The van der Waals surface area contributed by atoms with Gasteiger partial charge in [-0.25, -0.2) is 9.78 Å². The first kappa shape index (κ1) is 18.2. The van der Waals surface area contributed by atoms with Crippen LogP contribution in [-0.4, -0.2) is 16.1 Å². The van der Waals surface area contributed by atoms with Gasteiger partial charge >= 0.3 is 5.97 Å². The molecular weight excluding hydrogens is 408 g/mol. The van der Waals surface area contributed by atoms with Crippen molar-refractivity contribution in [1.29, 1.82) is 0 Å². The number of pyridine rings is 1. The normalized spacial score (nSPS) is 16.1. The number of fused-ring (bicyclic) bond motifs is 2. The Labute approximate surface area is 175 Å². The lowest BCUT2D eigenvalue weighted by Crippen LogP contribution is -2.15. The molecule has 1 aliphatic rings. The molecule has 0 fully saturated rings. The zero-order valence-corrected chi connectivity index (χ0v) is 16.9. The number of benzene rings is 1. The first-order chi connectivity index (χ1) is 14.0. The maximum Gasteiger partial charge on any atom is 0.348 e. The highest BCUT2D eigenvalue weighted by atomic mass is 35.5. The third-order valence-electron chi connectivity index (χ3n) is 5.53. The Hall–Kier alpha value is -2.83. The van der Waals surface area contributed by atoms with Gasteiger partial charge in [0.1, 0.15) is 15.5 Å². The average molecular weight is 425 g/mol. The first-order valence-electron chi connectivity index (χ1n) is 9.30. The fourth-order valence-corrected chi connectivity index (χ4v) is 5.32. The fourth-order valence-electron chi connectivity index (χ4n) is 4.21. The monoisotopic (exact) mass is 424 g/mol. The zero-order valence-electron chi connectivity index (χ0n) is 15.3. The third-order valence-corrected chi connectivity index (χ3v) is 6.82. The van der Waals surface area contributed by atoms with Crippen LogP contribution in [0.1, 0.15) is 38.8 Å². The summed E-state index contributed by atoms with van der Waals surface area (Å²) in [6.45, 7) is 0. The quantitative estimate of drug-likeness (QED) is 0.436. The largest absolute Gasteiger partial charge is 0.477 e. The number of hydrogen-bond acceptors (Lipinski definition) is 5. The highest BCUT2D eigenvalue weighted by Crippen LogP contribution is 2.46. The Morgan fingerprint density at radius 1 is 1.24 bits per heavy atom. The van der Waals surface area contributed by atoms with Crippen LogP contribution in [0.5, 0.6) is 0 Å². The number of aromatic carboxylic acids is 1. The second-order valence-corrected chi connectivity index (χ2v) is 8.57. The van der Waals surface area contributed by atoms with Crippen molar-refractivity contribution in [1.82, 2.24) is 4.98 Å². The SMILES string of the molecule is Nc1c(C(=O)O)sc2nc3c(c(-c4ccc(Cl)o4)c12)CC(c1ccccc1)CC3. The van der Waals surface area contributed by atoms with Crippen molar-refractivity contribution >= 4 is 44.8 Å². The van der Waals surface area contributed by atoms with Crippen LogP contribution in [0.15, 0.2) is 46.9 Å². The van der Waals surface area contributed by atoms with Crippen LogP contribution < -0.4 is 5.73 Å². The third kappa shape index (κ3) is 2.99. The molecule has 3 aromatic heterocycles. The van der Waals surface area contributed by atoms with Crippen LogP contribution >= 0.6 is 22.9 Å². The molecule has 4 aromatic rings. The summed E-state index contributed by atoms with van der Waals surface area (Å²) in [5.74, 6) is -0.103. The number of anilines is 1. The molecule has 0 spiro atoms. The molecule has 0 saturated carbocycles. The molecule has 5 rings (SSSR count). The number of furan rings is 1. The molecule has 0 bridgehead atoms. The van der Waals surface area contributed by atoms with Crippen LogP contribution in [0.2, 0.25) is 5.22 Å². The summed E-state index contributed by atoms with van der Waals surface area (Å²) >= 11 is 7.17. The van der Waals surface area contributed by atoms with E-state index < -0.39 is 5.97 Å². The van der Waals surface area contributed by atoms with Crippen molar-refractivity contribution in [3.63, 3.8) is 0 Å². The molecule has 3 N–H and O–H groups in total. The number of hydrogen-bond donors (Lipinski definition) is 2. The van der Waals surface area contributed by atoms with Gasteiger partial charge in [0.2, 0.25) is 0 Å². The lowest BCUT2D eigenvalue weighted by Gasteiger charge is -2.26. The number of aryl methyl sites for hydroxylation is 1. The molecule has 5 nitrogen and oxygen atoms in total. The summed E-state index contributed by atoms with van der Waals surface area (Å²) in [7, 11) is 0. The Bertz CT molecular complexity index is 1250. The van der Waals surface area contributed by atoms with E-state index in [1.54, 1.807) is 12.1 Å². The van der Waals surface area contributed by atoms with E-state index >= 15 is 0 Å². The van der Waals surface area contributed by atoms with Crippen LogP contribution in [0.25, 0.3) is 21.5 Å². The number of carbonyl (C=O) groups is 1. The lowest BCUT2D eigenvalue weighted by molar-refractivity contribution is 0.0703. The fraction of sp³-hybridized carbons (Fsp3) is 0.182. The van der Waals surface area contributed by atoms with Gasteiger partial charge in [-0.1, -0.05) is 30.3 Å². The number of nitrogens with two attached hydrogens (primary N) is 1. The minimum atomic E-state index is -1.05. The highest BCUT2D eigenvalue weighted by molar-refractivity contribution is 7.21. The maximum atomic E-state index is 11.7. The van der Waals surface area contributed by atoms with Crippen molar-refractivity contribution < 1.29 is 14.3 Å². The summed E-state index contributed by atoms with van der Waals surface area (Å²) in [6.07, 6.45) is 2.58. The number of halogens is 1. The molecule has 1 aromatic carbocycles. The van der Waals surface area contributed by atoms with Crippen molar-refractivity contribution in [3.8, 4) is 11.3 Å². The number of rotatable bonds is 3. The molecule has 0 amide bonds. The average Bonchev–Trinajstić information content (AvgIpc) is 3.30. The van der Waals surface area contributed by atoms with Gasteiger partial charge in [0.25, 0.3) is 0 Å². The highest BCUT2D eigenvalue weighted by Gasteiger charge is 2.30. The molecular formula is C22H17ClN2O3S. The minimum Gasteiger partial charge on any atom is -0.477 e. The van der Waals surface area contributed by atoms with Gasteiger partial charge in [0, 0.05) is 16.6 Å². The van der Waals surface area contributed by atoms with Crippen LogP contribution in [0.3, 0.4) is 0 Å². The topological polar surface area (TPSA) is 89.4 Å². The van der Waals surface area contributed by atoms with Gasteiger partial charge in [0.05, 0.1) is 5.69 Å². The Morgan fingerprint density at radius 3 is 2.72 bits per heavy atom. The number of nitrogens with zero attached hydrogens (tertiary/aromatic N) is 1. The summed E-state index contributed by atoms with van der Waals surface area (Å²) in [5, 5.41) is 10.5. The number of carboxylic acid groups (broad SMARTS) is 1. The molecule has 0 radical (unpaired) electrons. The van der Waals surface area contributed by atoms with Gasteiger partial charge in [0.15, 0.2) is 5.22 Å². The predicted octanol–water partition coefficient (Wildman–Crippen LogP) is 5.76. The molecule has 1 atom stereocenters. The summed E-state index contributed by atoms with van der Waals surface area (Å²) in [6, 6.07) is 13.9. The van der Waals surface area contributed by atoms with Crippen molar-refractivity contribution in [2.45, 2.75) is 25.2 Å². The van der Waals surface area contributed by atoms with E-state index in [1.165, 1.54) is 5.56 Å². The number of nitrogen functional groups attached to an aromatic ring is 1. The number of thiophene rings is 1. The van der Waals surface area contributed by atoms with Crippen molar-refractivity contribution in [2.24, 2.45) is 0 Å². The number of aromatic nitrogens is 1. The molecule has 0 saturated heterocycles. The molecule has 29 heavy (non-hydrogen) atoms. The Morgan fingerprint density at radius 2 is 2.03 bits per heavy atom. The second kappa shape index (κ2) is 6.90. The predicted molar refractivity (Wildman–Crippen MR) is 115 cm³/mol. The van der Waals surface area contributed by atoms with Crippen molar-refractivity contribution in [3.05, 3.63) is 69.4 Å². The zero-order chi connectivity index (χ0) is 20.1. The molecule has 3 heterocycles. The van der Waals surface area contributed by atoms with Crippen molar-refractivity contribution in [2.75, 3.05) is 5.73 Å². The summed E-state index contributed by atoms with van der Waals surface area (Å²) in [4.78, 5) is 17.2. The van der Waals surface area contributed by atoms with E-state index in [2.05, 4.69) is 24.3 Å². The van der Waals surface area contributed by atoms with Gasteiger partial charge in [-0.05, 0) is 60.0 Å². The standard InChI is InChI=1S/C22H17ClN2O3S/c23-16-9-8-15(28-16)17-13-10-12(11-4-2-1-3-5-11)6-7-14(13)25-21-18(17)19(24)20(29-21)22(26)27/h1-5,8-9,12H,6-7,10,24H2,(H,26,27). The van der Waals surface area contributed by atoms with Gasteiger partial charge in [-0.2, -0.15) is 0 Å². The molecule has 7 heteroatoms. The maximum absolute atomic E-state index is 11.7. The summed E-state index contributed by atoms with van der Waals surface area (Å²) < 4.78 is 5.75.